The molecule has 0 spiro atoms. The third-order valence-electron chi connectivity index (χ3n) is 4.56. The number of aromatic nitrogens is 1. The number of carbonyl (C=O) groups is 1. The molecule has 158 valence electrons. The van der Waals surface area contributed by atoms with Gasteiger partial charge in [0.1, 0.15) is 17.0 Å². The first kappa shape index (κ1) is 21.0. The van der Waals surface area contributed by atoms with E-state index >= 15 is 0 Å². The van der Waals surface area contributed by atoms with E-state index in [1.165, 1.54) is 0 Å². The van der Waals surface area contributed by atoms with E-state index in [0.717, 1.165) is 5.56 Å². The van der Waals surface area contributed by atoms with Gasteiger partial charge in [-0.2, -0.15) is 0 Å². The fourth-order valence-electron chi connectivity index (χ4n) is 3.00. The van der Waals surface area contributed by atoms with Crippen molar-refractivity contribution in [3.63, 3.8) is 0 Å². The monoisotopic (exact) mass is 456 g/mol. The minimum absolute atomic E-state index is 0.332. The quantitative estimate of drug-likeness (QED) is 0.372. The van der Waals surface area contributed by atoms with E-state index in [0.29, 0.717) is 44.2 Å². The van der Waals surface area contributed by atoms with Crippen LogP contribution in [0.3, 0.4) is 0 Å². The van der Waals surface area contributed by atoms with Gasteiger partial charge in [0.15, 0.2) is 11.7 Å². The Kier molecular flexibility index (Phi) is 6.02. The summed E-state index contributed by atoms with van der Waals surface area (Å²) in [6.45, 7) is 1.63. The highest BCUT2D eigenvalue weighted by Gasteiger charge is 2.18. The molecule has 3 aromatic carbocycles. The Bertz CT molecular complexity index is 1260. The maximum absolute atomic E-state index is 12.6. The van der Waals surface area contributed by atoms with Crippen LogP contribution in [0, 0.1) is 0 Å². The van der Waals surface area contributed by atoms with Crippen molar-refractivity contribution < 1.29 is 18.7 Å². The van der Waals surface area contributed by atoms with Crippen LogP contribution in [0.5, 0.6) is 11.5 Å². The Morgan fingerprint density at radius 3 is 2.65 bits per heavy atom. The van der Waals surface area contributed by atoms with Crippen LogP contribution in [-0.4, -0.2) is 24.1 Å². The normalized spacial score (nSPS) is 11.9. The molecule has 1 heterocycles. The number of oxazole rings is 1. The predicted octanol–water partition coefficient (Wildman–Crippen LogP) is 6.22. The second-order valence-electron chi connectivity index (χ2n) is 6.73. The molecule has 4 aromatic rings. The Morgan fingerprint density at radius 2 is 1.87 bits per heavy atom. The zero-order valence-corrected chi connectivity index (χ0v) is 18.2. The number of anilines is 1. The highest BCUT2D eigenvalue weighted by atomic mass is 35.5. The molecular formula is C23H18Cl2N2O4. The highest BCUT2D eigenvalue weighted by molar-refractivity contribution is 6.35. The first-order valence-electron chi connectivity index (χ1n) is 9.41. The van der Waals surface area contributed by atoms with Crippen LogP contribution >= 0.6 is 23.2 Å². The highest BCUT2D eigenvalue weighted by Crippen LogP contribution is 2.32. The SMILES string of the molecule is COc1ccccc1-c1nc2ccc(NC(=O)C(C)Oc3ccc(Cl)cc3Cl)cc2o1. The number of hydrogen-bond acceptors (Lipinski definition) is 5. The smallest absolute Gasteiger partial charge is 0.265 e. The number of ether oxygens (including phenoxy) is 2. The Balaban J connectivity index is 1.51. The van der Waals surface area contributed by atoms with Crippen LogP contribution in [0.2, 0.25) is 10.0 Å². The third-order valence-corrected chi connectivity index (χ3v) is 5.09. The molecule has 1 atom stereocenters. The standard InChI is InChI=1S/C23H18Cl2N2O4/c1-13(30-20-10-7-14(24)11-17(20)25)22(28)26-15-8-9-18-21(12-15)31-23(27-18)16-5-3-4-6-19(16)29-2/h3-13H,1-2H3,(H,26,28). The predicted molar refractivity (Wildman–Crippen MR) is 121 cm³/mol. The number of nitrogens with zero attached hydrogens (tertiary/aromatic N) is 1. The van der Waals surface area contributed by atoms with Gasteiger partial charge in [-0.15, -0.1) is 0 Å². The van der Waals surface area contributed by atoms with Crippen LogP contribution in [0.4, 0.5) is 5.69 Å². The molecule has 4 rings (SSSR count). The van der Waals surface area contributed by atoms with E-state index in [9.17, 15) is 4.79 Å². The van der Waals surface area contributed by atoms with Crippen molar-refractivity contribution in [1.29, 1.82) is 0 Å². The number of halogens is 2. The molecule has 0 radical (unpaired) electrons. The van der Waals surface area contributed by atoms with E-state index in [1.54, 1.807) is 50.4 Å². The molecule has 0 bridgehead atoms. The summed E-state index contributed by atoms with van der Waals surface area (Å²) in [5.41, 5.74) is 2.50. The Labute approximate surface area is 188 Å². The number of para-hydroxylation sites is 1. The van der Waals surface area contributed by atoms with Crippen LogP contribution in [0.15, 0.2) is 65.1 Å². The van der Waals surface area contributed by atoms with Crippen LogP contribution in [0.25, 0.3) is 22.6 Å². The van der Waals surface area contributed by atoms with Crippen LogP contribution in [-0.2, 0) is 4.79 Å². The first-order chi connectivity index (χ1) is 14.9. The lowest BCUT2D eigenvalue weighted by atomic mass is 10.2. The summed E-state index contributed by atoms with van der Waals surface area (Å²) >= 11 is 12.0. The lowest BCUT2D eigenvalue weighted by Gasteiger charge is -2.15. The van der Waals surface area contributed by atoms with E-state index in [-0.39, 0.29) is 5.91 Å². The maximum Gasteiger partial charge on any atom is 0.265 e. The zero-order chi connectivity index (χ0) is 22.0. The van der Waals surface area contributed by atoms with Gasteiger partial charge in [-0.1, -0.05) is 35.3 Å². The average molecular weight is 457 g/mol. The molecule has 0 saturated carbocycles. The molecular weight excluding hydrogens is 439 g/mol. The Hall–Kier alpha value is -3.22. The van der Waals surface area contributed by atoms with E-state index < -0.39 is 6.10 Å². The zero-order valence-electron chi connectivity index (χ0n) is 16.7. The number of benzene rings is 3. The lowest BCUT2D eigenvalue weighted by molar-refractivity contribution is -0.122. The number of nitrogens with one attached hydrogen (secondary N) is 1. The summed E-state index contributed by atoms with van der Waals surface area (Å²) in [6.07, 6.45) is -0.784. The lowest BCUT2D eigenvalue weighted by Crippen LogP contribution is -2.30. The van der Waals surface area contributed by atoms with Crippen molar-refractivity contribution in [2.75, 3.05) is 12.4 Å². The van der Waals surface area contributed by atoms with Crippen molar-refractivity contribution in [1.82, 2.24) is 4.98 Å². The molecule has 0 aliphatic heterocycles. The summed E-state index contributed by atoms with van der Waals surface area (Å²) in [7, 11) is 1.59. The number of rotatable bonds is 6. The summed E-state index contributed by atoms with van der Waals surface area (Å²) in [4.78, 5) is 17.1. The number of hydrogen-bond donors (Lipinski definition) is 1. The molecule has 6 nitrogen and oxygen atoms in total. The van der Waals surface area contributed by atoms with Gasteiger partial charge in [-0.05, 0) is 49.4 Å². The second kappa shape index (κ2) is 8.88. The fraction of sp³-hybridized carbons (Fsp3) is 0.130. The van der Waals surface area contributed by atoms with Gasteiger partial charge in [-0.25, -0.2) is 4.98 Å². The van der Waals surface area contributed by atoms with Crippen LogP contribution in [0.1, 0.15) is 6.92 Å². The fourth-order valence-corrected chi connectivity index (χ4v) is 3.45. The molecule has 0 fully saturated rings. The molecule has 0 aliphatic carbocycles. The van der Waals surface area contributed by atoms with Gasteiger partial charge in [0.2, 0.25) is 5.89 Å². The van der Waals surface area contributed by atoms with Gasteiger partial charge >= 0.3 is 0 Å². The molecule has 1 N–H and O–H groups in total. The minimum atomic E-state index is -0.784. The van der Waals surface area contributed by atoms with Gasteiger partial charge in [0.25, 0.3) is 5.91 Å². The number of methoxy groups -OCH3 is 1. The van der Waals surface area contributed by atoms with E-state index in [4.69, 9.17) is 37.1 Å². The molecule has 1 aromatic heterocycles. The average Bonchev–Trinajstić information content (AvgIpc) is 3.18. The minimum Gasteiger partial charge on any atom is -0.496 e. The van der Waals surface area contributed by atoms with E-state index in [2.05, 4.69) is 10.3 Å². The number of amides is 1. The summed E-state index contributed by atoms with van der Waals surface area (Å²) < 4.78 is 16.9. The molecule has 0 saturated heterocycles. The number of fused-ring (bicyclic) bond motifs is 1. The largest absolute Gasteiger partial charge is 0.496 e. The van der Waals surface area contributed by atoms with Crippen molar-refractivity contribution in [3.8, 4) is 23.0 Å². The van der Waals surface area contributed by atoms with Crippen molar-refractivity contribution in [3.05, 3.63) is 70.7 Å². The van der Waals surface area contributed by atoms with E-state index in [1.807, 2.05) is 24.3 Å². The Morgan fingerprint density at radius 1 is 1.06 bits per heavy atom. The van der Waals surface area contributed by atoms with Gasteiger partial charge in [0, 0.05) is 16.8 Å². The van der Waals surface area contributed by atoms with Crippen LogP contribution < -0.4 is 14.8 Å². The number of carbonyl (C=O) groups excluding carboxylic acids is 1. The third kappa shape index (κ3) is 4.60. The van der Waals surface area contributed by atoms with Gasteiger partial charge < -0.3 is 19.2 Å². The molecule has 1 amide bonds. The molecule has 31 heavy (non-hydrogen) atoms. The topological polar surface area (TPSA) is 73.6 Å². The van der Waals surface area contributed by atoms with Crippen molar-refractivity contribution >= 4 is 45.9 Å². The van der Waals surface area contributed by atoms with Gasteiger partial charge in [-0.3, -0.25) is 4.79 Å². The summed E-state index contributed by atoms with van der Waals surface area (Å²) in [5, 5.41) is 3.63. The summed E-state index contributed by atoms with van der Waals surface area (Å²) in [6, 6.07) is 17.5. The molecule has 0 aliphatic rings. The summed E-state index contributed by atoms with van der Waals surface area (Å²) in [5.74, 6) is 1.13. The first-order valence-corrected chi connectivity index (χ1v) is 10.2. The van der Waals surface area contributed by atoms with Crippen molar-refractivity contribution in [2.45, 2.75) is 13.0 Å². The molecule has 8 heteroatoms. The maximum atomic E-state index is 12.6. The van der Waals surface area contributed by atoms with Gasteiger partial charge in [0.05, 0.1) is 17.7 Å². The molecule has 1 unspecified atom stereocenters. The van der Waals surface area contributed by atoms with Crippen molar-refractivity contribution in [2.24, 2.45) is 0 Å². The second-order valence-corrected chi connectivity index (χ2v) is 7.57.